The van der Waals surface area contributed by atoms with Crippen LogP contribution in [0, 0.1) is 18.6 Å². The Balaban J connectivity index is 0.000000956. The predicted molar refractivity (Wildman–Crippen MR) is 79.8 cm³/mol. The SMILES string of the molecule is CC.Cc1ccnc(-c2c(F)cc(F)cc2C(C)C)c1. The van der Waals surface area contributed by atoms with Gasteiger partial charge in [-0.2, -0.15) is 0 Å². The highest BCUT2D eigenvalue weighted by Gasteiger charge is 2.16. The first-order valence-corrected chi connectivity index (χ1v) is 6.91. The number of pyridine rings is 1. The average molecular weight is 277 g/mol. The van der Waals surface area contributed by atoms with Crippen molar-refractivity contribution >= 4 is 0 Å². The molecule has 0 saturated heterocycles. The van der Waals surface area contributed by atoms with E-state index in [-0.39, 0.29) is 5.92 Å². The predicted octanol–water partition coefficient (Wildman–Crippen LogP) is 5.48. The molecule has 0 unspecified atom stereocenters. The van der Waals surface area contributed by atoms with Gasteiger partial charge in [0.15, 0.2) is 0 Å². The van der Waals surface area contributed by atoms with Gasteiger partial charge in [-0.15, -0.1) is 0 Å². The number of aryl methyl sites for hydroxylation is 1. The van der Waals surface area contributed by atoms with Crippen LogP contribution in [-0.2, 0) is 0 Å². The Bertz CT molecular complexity index is 577. The lowest BCUT2D eigenvalue weighted by Gasteiger charge is -2.14. The van der Waals surface area contributed by atoms with E-state index in [1.807, 2.05) is 46.8 Å². The molecule has 0 aliphatic carbocycles. The van der Waals surface area contributed by atoms with E-state index < -0.39 is 11.6 Å². The maximum Gasteiger partial charge on any atom is 0.135 e. The van der Waals surface area contributed by atoms with Gasteiger partial charge in [-0.3, -0.25) is 4.98 Å². The summed E-state index contributed by atoms with van der Waals surface area (Å²) in [5.74, 6) is -1.07. The third-order valence-electron chi connectivity index (χ3n) is 2.88. The van der Waals surface area contributed by atoms with Gasteiger partial charge in [-0.1, -0.05) is 27.7 Å². The molecule has 3 heteroatoms. The van der Waals surface area contributed by atoms with E-state index in [0.29, 0.717) is 16.8 Å². The molecule has 108 valence electrons. The zero-order chi connectivity index (χ0) is 15.3. The molecule has 0 aliphatic heterocycles. The second kappa shape index (κ2) is 7.13. The van der Waals surface area contributed by atoms with Crippen LogP contribution in [-0.4, -0.2) is 4.98 Å². The highest BCUT2D eigenvalue weighted by Crippen LogP contribution is 2.31. The van der Waals surface area contributed by atoms with Crippen LogP contribution in [0.5, 0.6) is 0 Å². The summed E-state index contributed by atoms with van der Waals surface area (Å²) in [6, 6.07) is 5.94. The monoisotopic (exact) mass is 277 g/mol. The van der Waals surface area contributed by atoms with Gasteiger partial charge in [0.05, 0.1) is 5.69 Å². The molecular formula is C17H21F2N. The summed E-state index contributed by atoms with van der Waals surface area (Å²) in [4.78, 5) is 4.18. The normalized spacial score (nSPS) is 10.2. The van der Waals surface area contributed by atoms with Gasteiger partial charge in [0.25, 0.3) is 0 Å². The molecule has 1 nitrogen and oxygen atoms in total. The maximum absolute atomic E-state index is 14.0. The van der Waals surface area contributed by atoms with E-state index in [4.69, 9.17) is 0 Å². The average Bonchev–Trinajstić information content (AvgIpc) is 2.40. The zero-order valence-corrected chi connectivity index (χ0v) is 12.7. The van der Waals surface area contributed by atoms with Crippen molar-refractivity contribution in [2.75, 3.05) is 0 Å². The summed E-state index contributed by atoms with van der Waals surface area (Å²) in [5.41, 5.74) is 2.59. The van der Waals surface area contributed by atoms with Gasteiger partial charge in [0.1, 0.15) is 11.6 Å². The van der Waals surface area contributed by atoms with Gasteiger partial charge in [-0.25, -0.2) is 8.78 Å². The van der Waals surface area contributed by atoms with Crippen molar-refractivity contribution in [2.24, 2.45) is 0 Å². The molecule has 2 aromatic rings. The highest BCUT2D eigenvalue weighted by atomic mass is 19.1. The van der Waals surface area contributed by atoms with Crippen LogP contribution in [0.3, 0.4) is 0 Å². The van der Waals surface area contributed by atoms with Crippen LogP contribution in [0.2, 0.25) is 0 Å². The minimum absolute atomic E-state index is 0.0347. The maximum atomic E-state index is 14.0. The number of rotatable bonds is 2. The molecule has 0 fully saturated rings. The molecule has 0 bridgehead atoms. The van der Waals surface area contributed by atoms with Gasteiger partial charge in [0.2, 0.25) is 0 Å². The Morgan fingerprint density at radius 3 is 2.25 bits per heavy atom. The molecule has 1 aromatic heterocycles. The van der Waals surface area contributed by atoms with E-state index >= 15 is 0 Å². The molecule has 0 spiro atoms. The quantitative estimate of drug-likeness (QED) is 0.707. The summed E-state index contributed by atoms with van der Waals surface area (Å²) in [5, 5.41) is 0. The zero-order valence-electron chi connectivity index (χ0n) is 12.7. The second-order valence-corrected chi connectivity index (χ2v) is 4.72. The van der Waals surface area contributed by atoms with Gasteiger partial charge in [-0.05, 0) is 42.2 Å². The van der Waals surface area contributed by atoms with E-state index in [9.17, 15) is 8.78 Å². The first kappa shape index (κ1) is 16.3. The lowest BCUT2D eigenvalue weighted by Crippen LogP contribution is -1.99. The minimum Gasteiger partial charge on any atom is -0.256 e. The Morgan fingerprint density at radius 1 is 1.05 bits per heavy atom. The number of hydrogen-bond acceptors (Lipinski definition) is 1. The molecule has 1 aromatic carbocycles. The van der Waals surface area contributed by atoms with E-state index in [1.54, 1.807) is 6.20 Å². The van der Waals surface area contributed by atoms with Crippen molar-refractivity contribution in [2.45, 2.75) is 40.5 Å². The Kier molecular flexibility index (Phi) is 5.81. The van der Waals surface area contributed by atoms with Crippen LogP contribution >= 0.6 is 0 Å². The number of benzene rings is 1. The lowest BCUT2D eigenvalue weighted by molar-refractivity contribution is 0.579. The number of hydrogen-bond donors (Lipinski definition) is 0. The van der Waals surface area contributed by atoms with Crippen molar-refractivity contribution in [3.63, 3.8) is 0 Å². The number of halogens is 2. The fraction of sp³-hybridized carbons (Fsp3) is 0.353. The first-order valence-electron chi connectivity index (χ1n) is 6.91. The van der Waals surface area contributed by atoms with Crippen LogP contribution in [0.15, 0.2) is 30.5 Å². The largest absolute Gasteiger partial charge is 0.256 e. The van der Waals surface area contributed by atoms with Crippen molar-refractivity contribution in [3.8, 4) is 11.3 Å². The molecule has 0 N–H and O–H groups in total. The molecular weight excluding hydrogens is 256 g/mol. The van der Waals surface area contributed by atoms with Gasteiger partial charge >= 0.3 is 0 Å². The summed E-state index contributed by atoms with van der Waals surface area (Å²) in [6.07, 6.45) is 1.64. The van der Waals surface area contributed by atoms with Gasteiger partial charge in [0, 0.05) is 17.8 Å². The minimum atomic E-state index is -0.559. The third-order valence-corrected chi connectivity index (χ3v) is 2.88. The Morgan fingerprint density at radius 2 is 1.70 bits per heavy atom. The molecule has 2 rings (SSSR count). The lowest BCUT2D eigenvalue weighted by atomic mass is 9.94. The smallest absolute Gasteiger partial charge is 0.135 e. The van der Waals surface area contributed by atoms with Gasteiger partial charge < -0.3 is 0 Å². The first-order chi connectivity index (χ1) is 9.49. The molecule has 1 heterocycles. The Hall–Kier alpha value is -1.77. The number of aromatic nitrogens is 1. The van der Waals surface area contributed by atoms with Crippen molar-refractivity contribution in [1.29, 1.82) is 0 Å². The highest BCUT2D eigenvalue weighted by molar-refractivity contribution is 5.65. The third kappa shape index (κ3) is 3.62. The van der Waals surface area contributed by atoms with E-state index in [0.717, 1.165) is 11.6 Å². The Labute approximate surface area is 119 Å². The molecule has 0 atom stereocenters. The molecule has 0 amide bonds. The fourth-order valence-corrected chi connectivity index (χ4v) is 1.99. The number of nitrogens with zero attached hydrogens (tertiary/aromatic N) is 1. The van der Waals surface area contributed by atoms with Crippen LogP contribution in [0.4, 0.5) is 8.78 Å². The van der Waals surface area contributed by atoms with Crippen molar-refractivity contribution < 1.29 is 8.78 Å². The van der Waals surface area contributed by atoms with Crippen LogP contribution < -0.4 is 0 Å². The topological polar surface area (TPSA) is 12.9 Å². The fourth-order valence-electron chi connectivity index (χ4n) is 1.99. The summed E-state index contributed by atoms with van der Waals surface area (Å²) >= 11 is 0. The van der Waals surface area contributed by atoms with Crippen LogP contribution in [0.25, 0.3) is 11.3 Å². The molecule has 0 radical (unpaired) electrons. The van der Waals surface area contributed by atoms with Crippen LogP contribution in [0.1, 0.15) is 44.7 Å². The standard InChI is InChI=1S/C15H15F2N.C2H6/c1-9(2)12-7-11(16)8-13(17)15(12)14-6-10(3)4-5-18-14;1-2/h4-9H,1-3H3;1-2H3. The van der Waals surface area contributed by atoms with Crippen molar-refractivity contribution in [1.82, 2.24) is 4.98 Å². The van der Waals surface area contributed by atoms with E-state index in [2.05, 4.69) is 4.98 Å². The summed E-state index contributed by atoms with van der Waals surface area (Å²) in [6.45, 7) is 9.74. The summed E-state index contributed by atoms with van der Waals surface area (Å²) < 4.78 is 27.3. The second-order valence-electron chi connectivity index (χ2n) is 4.72. The summed E-state index contributed by atoms with van der Waals surface area (Å²) in [7, 11) is 0. The van der Waals surface area contributed by atoms with Crippen molar-refractivity contribution in [3.05, 3.63) is 53.2 Å². The molecule has 0 aliphatic rings. The van der Waals surface area contributed by atoms with E-state index in [1.165, 1.54) is 6.07 Å². The molecule has 0 saturated carbocycles. The molecule has 20 heavy (non-hydrogen) atoms.